The number of ether oxygens (including phenoxy) is 1. The minimum atomic E-state index is -4.60. The van der Waals surface area contributed by atoms with Crippen molar-refractivity contribution in [2.24, 2.45) is 0 Å². The lowest BCUT2D eigenvalue weighted by atomic mass is 10.1. The van der Waals surface area contributed by atoms with Crippen molar-refractivity contribution in [1.82, 2.24) is 19.5 Å². The summed E-state index contributed by atoms with van der Waals surface area (Å²) in [6.45, 7) is 3.63. The molecule has 1 saturated heterocycles. The van der Waals surface area contributed by atoms with Gasteiger partial charge >= 0.3 is 6.18 Å². The van der Waals surface area contributed by atoms with Gasteiger partial charge in [-0.15, -0.1) is 0 Å². The van der Waals surface area contributed by atoms with Crippen molar-refractivity contribution in [3.05, 3.63) is 78.2 Å². The van der Waals surface area contributed by atoms with Crippen LogP contribution in [0.25, 0.3) is 17.2 Å². The molecule has 1 unspecified atom stereocenters. The number of nitrogens with zero attached hydrogens (tertiary/aromatic N) is 5. The van der Waals surface area contributed by atoms with Gasteiger partial charge in [-0.05, 0) is 55.5 Å². The summed E-state index contributed by atoms with van der Waals surface area (Å²) < 4.78 is 47.9. The van der Waals surface area contributed by atoms with Gasteiger partial charge in [0.05, 0.1) is 24.9 Å². The van der Waals surface area contributed by atoms with E-state index in [2.05, 4.69) is 25.6 Å². The smallest absolute Gasteiger partial charge is 0.392 e. The highest BCUT2D eigenvalue weighted by Crippen LogP contribution is 2.33. The second kappa shape index (κ2) is 11.9. The van der Waals surface area contributed by atoms with Gasteiger partial charge in [0.15, 0.2) is 0 Å². The number of hydrogen-bond acceptors (Lipinski definition) is 8. The fraction of sp³-hybridized carbons (Fsp3) is 0.286. The maximum Gasteiger partial charge on any atom is 0.416 e. The number of alkyl halides is 3. The summed E-state index contributed by atoms with van der Waals surface area (Å²) in [4.78, 5) is 27.9. The zero-order valence-electron chi connectivity index (χ0n) is 22.1. The number of hydrogen-bond donors (Lipinski definition) is 3. The van der Waals surface area contributed by atoms with E-state index in [0.717, 1.165) is 17.7 Å². The Bertz CT molecular complexity index is 1500. The van der Waals surface area contributed by atoms with Crippen molar-refractivity contribution < 1.29 is 27.8 Å². The molecular weight excluding hydrogens is 539 g/mol. The Morgan fingerprint density at radius 1 is 1.07 bits per heavy atom. The normalized spacial score (nSPS) is 14.5. The van der Waals surface area contributed by atoms with Crippen LogP contribution < -0.4 is 15.5 Å². The molecule has 0 spiro atoms. The van der Waals surface area contributed by atoms with Gasteiger partial charge in [0.1, 0.15) is 11.6 Å². The number of carbonyl (C=O) groups is 1. The molecule has 0 aliphatic carbocycles. The number of nitrogens with one attached hydrogen (secondary N) is 2. The molecule has 4 aromatic rings. The maximum atomic E-state index is 13.6. The van der Waals surface area contributed by atoms with E-state index in [-0.39, 0.29) is 5.56 Å². The predicted molar refractivity (Wildman–Crippen MR) is 147 cm³/mol. The van der Waals surface area contributed by atoms with E-state index in [4.69, 9.17) is 4.74 Å². The number of morpholine rings is 1. The molecule has 0 bridgehead atoms. The first kappa shape index (κ1) is 28.1. The highest BCUT2D eigenvalue weighted by Gasteiger charge is 2.32. The van der Waals surface area contributed by atoms with Crippen molar-refractivity contribution in [2.45, 2.75) is 19.2 Å². The number of carbonyl (C=O) groups excluding carboxylic acids is 1. The molecule has 41 heavy (non-hydrogen) atoms. The van der Waals surface area contributed by atoms with E-state index < -0.39 is 23.8 Å². The SMILES string of the molecule is CC(O)CNc1nccc(-n2ccnc2-c2ccc(NC(=O)c3cc(N4CCOCC4)cc(C(F)(F)F)c3)cc2)n1. The molecule has 0 saturated carbocycles. The molecular formula is C28H28F3N7O3. The summed E-state index contributed by atoms with van der Waals surface area (Å²) in [5.41, 5.74) is 0.476. The van der Waals surface area contributed by atoms with Crippen molar-refractivity contribution in [1.29, 1.82) is 0 Å². The molecule has 214 valence electrons. The number of aliphatic hydroxyl groups excluding tert-OH is 1. The van der Waals surface area contributed by atoms with Crippen LogP contribution in [0.5, 0.6) is 0 Å². The van der Waals surface area contributed by atoms with Gasteiger partial charge in [-0.25, -0.2) is 9.97 Å². The van der Waals surface area contributed by atoms with Gasteiger partial charge in [0.25, 0.3) is 5.91 Å². The fourth-order valence-electron chi connectivity index (χ4n) is 4.33. The molecule has 2 aromatic carbocycles. The molecule has 3 heterocycles. The highest BCUT2D eigenvalue weighted by molar-refractivity contribution is 6.05. The number of aromatic nitrogens is 4. The maximum absolute atomic E-state index is 13.6. The van der Waals surface area contributed by atoms with Crippen molar-refractivity contribution in [3.63, 3.8) is 0 Å². The number of anilines is 3. The van der Waals surface area contributed by atoms with Crippen LogP contribution in [0.2, 0.25) is 0 Å². The summed E-state index contributed by atoms with van der Waals surface area (Å²) in [7, 11) is 0. The molecule has 5 rings (SSSR count). The van der Waals surface area contributed by atoms with E-state index in [1.54, 1.807) is 65.3 Å². The summed E-state index contributed by atoms with van der Waals surface area (Å²) in [6, 6.07) is 11.9. The second-order valence-electron chi connectivity index (χ2n) is 9.49. The van der Waals surface area contributed by atoms with E-state index >= 15 is 0 Å². The molecule has 1 fully saturated rings. The quantitative estimate of drug-likeness (QED) is 0.290. The van der Waals surface area contributed by atoms with Crippen LogP contribution in [0.3, 0.4) is 0 Å². The van der Waals surface area contributed by atoms with Gasteiger partial charge in [-0.1, -0.05) is 0 Å². The molecule has 3 N–H and O–H groups in total. The van der Waals surface area contributed by atoms with Crippen LogP contribution in [0, 0.1) is 0 Å². The Morgan fingerprint density at radius 3 is 2.54 bits per heavy atom. The molecule has 1 aliphatic rings. The van der Waals surface area contributed by atoms with Gasteiger partial charge in [0, 0.05) is 60.7 Å². The third-order valence-electron chi connectivity index (χ3n) is 6.37. The lowest BCUT2D eigenvalue weighted by Crippen LogP contribution is -2.36. The Balaban J connectivity index is 1.34. The predicted octanol–water partition coefficient (Wildman–Crippen LogP) is 4.23. The third-order valence-corrected chi connectivity index (χ3v) is 6.37. The Morgan fingerprint density at radius 2 is 1.83 bits per heavy atom. The standard InChI is InChI=1S/C28H28F3N7O3/c1-18(39)17-34-27-33-7-6-24(36-27)38-9-8-32-25(38)19-2-4-22(5-3-19)35-26(40)20-14-21(28(29,30)31)16-23(15-20)37-10-12-41-13-11-37/h2-9,14-16,18,39H,10-13,17H2,1H3,(H,35,40)(H,33,34,36). The first-order valence-electron chi connectivity index (χ1n) is 12.9. The van der Waals surface area contributed by atoms with Crippen LogP contribution in [0.4, 0.5) is 30.5 Å². The van der Waals surface area contributed by atoms with Crippen LogP contribution >= 0.6 is 0 Å². The average molecular weight is 568 g/mol. The lowest BCUT2D eigenvalue weighted by molar-refractivity contribution is -0.137. The summed E-state index contributed by atoms with van der Waals surface area (Å²) in [6.07, 6.45) is -0.210. The van der Waals surface area contributed by atoms with E-state index in [0.29, 0.717) is 61.8 Å². The monoisotopic (exact) mass is 567 g/mol. The van der Waals surface area contributed by atoms with Crippen LogP contribution in [-0.2, 0) is 10.9 Å². The minimum Gasteiger partial charge on any atom is -0.392 e. The molecule has 1 atom stereocenters. The highest BCUT2D eigenvalue weighted by atomic mass is 19.4. The van der Waals surface area contributed by atoms with Crippen molar-refractivity contribution in [2.75, 3.05) is 48.4 Å². The first-order valence-corrected chi connectivity index (χ1v) is 12.9. The fourth-order valence-corrected chi connectivity index (χ4v) is 4.33. The Kier molecular flexibility index (Phi) is 8.17. The van der Waals surface area contributed by atoms with Gasteiger partial charge < -0.3 is 25.4 Å². The number of aliphatic hydroxyl groups is 1. The van der Waals surface area contributed by atoms with Crippen LogP contribution in [0.1, 0.15) is 22.8 Å². The zero-order chi connectivity index (χ0) is 29.0. The number of benzene rings is 2. The summed E-state index contributed by atoms with van der Waals surface area (Å²) >= 11 is 0. The summed E-state index contributed by atoms with van der Waals surface area (Å²) in [5.74, 6) is 0.834. The molecule has 2 aromatic heterocycles. The molecule has 1 amide bonds. The number of imidazole rings is 1. The Hall–Kier alpha value is -4.49. The largest absolute Gasteiger partial charge is 0.416 e. The molecule has 10 nitrogen and oxygen atoms in total. The van der Waals surface area contributed by atoms with E-state index in [1.807, 2.05) is 0 Å². The topological polar surface area (TPSA) is 117 Å². The van der Waals surface area contributed by atoms with Crippen molar-refractivity contribution >= 4 is 23.2 Å². The van der Waals surface area contributed by atoms with E-state index in [1.165, 1.54) is 6.07 Å². The number of amides is 1. The average Bonchev–Trinajstić information content (AvgIpc) is 3.46. The second-order valence-corrected chi connectivity index (χ2v) is 9.49. The van der Waals surface area contributed by atoms with Gasteiger partial charge in [0.2, 0.25) is 5.95 Å². The first-order chi connectivity index (χ1) is 19.7. The molecule has 0 radical (unpaired) electrons. The molecule has 13 heteroatoms. The van der Waals surface area contributed by atoms with Gasteiger partial charge in [-0.2, -0.15) is 18.2 Å². The third kappa shape index (κ3) is 6.81. The van der Waals surface area contributed by atoms with Gasteiger partial charge in [-0.3, -0.25) is 9.36 Å². The lowest BCUT2D eigenvalue weighted by Gasteiger charge is -2.29. The van der Waals surface area contributed by atoms with Crippen molar-refractivity contribution in [3.8, 4) is 17.2 Å². The number of halogens is 3. The summed E-state index contributed by atoms with van der Waals surface area (Å²) in [5, 5.41) is 15.2. The minimum absolute atomic E-state index is 0.0929. The number of rotatable bonds is 8. The van der Waals surface area contributed by atoms with Crippen LogP contribution in [-0.4, -0.2) is 69.5 Å². The molecule has 1 aliphatic heterocycles. The zero-order valence-corrected chi connectivity index (χ0v) is 22.1. The van der Waals surface area contributed by atoms with E-state index in [9.17, 15) is 23.1 Å². The van der Waals surface area contributed by atoms with Crippen LogP contribution in [0.15, 0.2) is 67.1 Å². The Labute approximate surface area is 233 Å².